The minimum atomic E-state index is -6.19. The first-order chi connectivity index (χ1) is 30.2. The zero-order valence-corrected chi connectivity index (χ0v) is 43.1. The Morgan fingerprint density at radius 2 is 0.500 bits per heavy atom. The molecule has 0 aromatic heterocycles. The number of halogens is 12. The SMILES string of the molecule is C[Si]1(CCCC/C([O-])=N/S(=O)(=O)C(F)(F)F)O[Si](C)(CCCC/C([O-])=N/S(=O)(=O)C(F)(F)F)O[Si](C)(CCCC/C([O-])=N\S(=O)(=O)C(F)(F)F)O[Si](C)(CCCC/C([O-])=N/S(=O)(=O)C(F)(F)F)O1. The zero-order chi connectivity index (χ0) is 53.3. The standard InChI is InChI=1S/C28H48F12N4O16S4Si4/c1-65(17-9-5-13-21(45)41-61(49,50)25(29,30)31)57-66(2,18-10-6-14-22(46)42-62(51,52)26(32,33)34)59-68(4,20-12-8-16-24(48)44-64(55,56)28(38,39)40)60-67(3,58-65)19-11-7-15-23(47)43-63(53,54)27(35,36)37/h5-20H2,1-4H3,(H,41,45)(H,42,46)(H,43,47)(H,44,48)/p-4. The molecule has 1 rings (SSSR count). The summed E-state index contributed by atoms with van der Waals surface area (Å²) in [5.74, 6) is -6.70. The molecule has 0 aromatic rings. The largest absolute Gasteiger partial charge is 0.861 e. The van der Waals surface area contributed by atoms with Crippen molar-refractivity contribution in [3.63, 3.8) is 0 Å². The molecule has 1 heterocycles. The lowest BCUT2D eigenvalue weighted by molar-refractivity contribution is -0.219. The summed E-state index contributed by atoms with van der Waals surface area (Å²) in [6.45, 7) is 5.67. The smallest absolute Gasteiger partial charge is 0.518 e. The number of alkyl halides is 12. The number of unbranched alkanes of at least 4 members (excludes halogenated alkanes) is 4. The Hall–Kier alpha value is -2.45. The van der Waals surface area contributed by atoms with Crippen LogP contribution in [-0.4, -0.2) is 114 Å². The van der Waals surface area contributed by atoms with Gasteiger partial charge in [-0.1, -0.05) is 25.7 Å². The lowest BCUT2D eigenvalue weighted by atomic mass is 10.2. The van der Waals surface area contributed by atoms with E-state index >= 15 is 0 Å². The third-order valence-electron chi connectivity index (χ3n) is 8.87. The van der Waals surface area contributed by atoms with Gasteiger partial charge in [-0.2, -0.15) is 104 Å². The van der Waals surface area contributed by atoms with Crippen LogP contribution in [0.15, 0.2) is 17.6 Å². The second-order valence-corrected chi connectivity index (χ2v) is 36.1. The van der Waals surface area contributed by atoms with E-state index in [0.717, 1.165) is 0 Å². The van der Waals surface area contributed by atoms with E-state index in [9.17, 15) is 107 Å². The van der Waals surface area contributed by atoms with Crippen LogP contribution in [0.1, 0.15) is 77.0 Å². The first kappa shape index (κ1) is 63.6. The summed E-state index contributed by atoms with van der Waals surface area (Å²) >= 11 is 0. The minimum Gasteiger partial charge on any atom is -0.861 e. The van der Waals surface area contributed by atoms with E-state index in [4.69, 9.17) is 16.5 Å². The Kier molecular flexibility index (Phi) is 21.9. The van der Waals surface area contributed by atoms with Gasteiger partial charge in [-0.15, -0.1) is 0 Å². The third-order valence-corrected chi connectivity index (χ3v) is 31.9. The Morgan fingerprint density at radius 3 is 0.632 bits per heavy atom. The minimum absolute atomic E-state index is 0.157. The van der Waals surface area contributed by atoms with Crippen LogP contribution in [0, 0.1) is 0 Å². The number of rotatable bonds is 24. The molecule has 1 saturated heterocycles. The Bertz CT molecular complexity index is 1990. The highest BCUT2D eigenvalue weighted by Crippen LogP contribution is 2.40. The lowest BCUT2D eigenvalue weighted by Crippen LogP contribution is -2.67. The van der Waals surface area contributed by atoms with Crippen molar-refractivity contribution >= 4 is 97.9 Å². The summed E-state index contributed by atoms with van der Waals surface area (Å²) in [5, 5.41) is 48.2. The fourth-order valence-corrected chi connectivity index (χ4v) is 31.6. The monoisotopic (exact) mass is 1160 g/mol. The number of nitrogens with zero attached hydrogens (tertiary/aromatic N) is 4. The summed E-state index contributed by atoms with van der Waals surface area (Å²) < 4.78 is 279. The molecule has 1 aliphatic rings. The van der Waals surface area contributed by atoms with Crippen LogP contribution < -0.4 is 20.4 Å². The summed E-state index contributed by atoms with van der Waals surface area (Å²) in [7, 11) is -40.3. The van der Waals surface area contributed by atoms with Crippen molar-refractivity contribution in [2.24, 2.45) is 17.6 Å². The van der Waals surface area contributed by atoms with Gasteiger partial charge >= 0.3 is 96.4 Å². The summed E-state index contributed by atoms with van der Waals surface area (Å²) in [6.07, 6.45) is -5.31. The van der Waals surface area contributed by atoms with Crippen LogP contribution >= 0.6 is 0 Å². The highest BCUT2D eigenvalue weighted by atomic mass is 32.2. The van der Waals surface area contributed by atoms with E-state index in [2.05, 4.69) is 17.6 Å². The third kappa shape index (κ3) is 20.7. The second-order valence-electron chi connectivity index (χ2n) is 15.4. The van der Waals surface area contributed by atoms with Gasteiger partial charge < -0.3 is 36.9 Å². The van der Waals surface area contributed by atoms with E-state index in [0.29, 0.717) is 0 Å². The molecule has 68 heavy (non-hydrogen) atoms. The molecule has 0 amide bonds. The van der Waals surface area contributed by atoms with Gasteiger partial charge in [0, 0.05) is 0 Å². The average Bonchev–Trinajstić information content (AvgIpc) is 3.09. The van der Waals surface area contributed by atoms with E-state index in [-0.39, 0.29) is 75.5 Å². The number of sulfonamides is 4. The van der Waals surface area contributed by atoms with Crippen LogP contribution in [0.3, 0.4) is 0 Å². The number of hydrogen-bond donors (Lipinski definition) is 0. The normalized spacial score (nSPS) is 25.3. The van der Waals surface area contributed by atoms with Crippen molar-refractivity contribution < 1.29 is 123 Å². The van der Waals surface area contributed by atoms with Gasteiger partial charge in [-0.3, -0.25) is 0 Å². The molecule has 0 radical (unpaired) electrons. The highest BCUT2D eigenvalue weighted by Gasteiger charge is 2.56. The quantitative estimate of drug-likeness (QED) is 0.0439. The van der Waals surface area contributed by atoms with Crippen molar-refractivity contribution in [3.05, 3.63) is 0 Å². The van der Waals surface area contributed by atoms with E-state index in [1.165, 1.54) is 26.2 Å². The molecule has 1 fully saturated rings. The van der Waals surface area contributed by atoms with Crippen LogP contribution in [0.5, 0.6) is 0 Å². The second kappa shape index (κ2) is 23.4. The van der Waals surface area contributed by atoms with Crippen molar-refractivity contribution in [3.8, 4) is 0 Å². The molecule has 1 aliphatic heterocycles. The molecule has 40 heteroatoms. The predicted molar refractivity (Wildman–Crippen MR) is 215 cm³/mol. The Balaban J connectivity index is 3.66. The van der Waals surface area contributed by atoms with Crippen molar-refractivity contribution in [1.29, 1.82) is 0 Å². The van der Waals surface area contributed by atoms with Crippen LogP contribution in [0.25, 0.3) is 0 Å². The summed E-state index contributed by atoms with van der Waals surface area (Å²) in [5.41, 5.74) is -23.5. The van der Waals surface area contributed by atoms with Crippen molar-refractivity contribution in [2.75, 3.05) is 0 Å². The molecule has 20 nitrogen and oxygen atoms in total. The Morgan fingerprint density at radius 1 is 0.353 bits per heavy atom. The fourth-order valence-electron chi connectivity index (χ4n) is 6.13. The first-order valence-electron chi connectivity index (χ1n) is 19.3. The fraction of sp³-hybridized carbons (Fsp3) is 0.857. The van der Waals surface area contributed by atoms with Crippen molar-refractivity contribution in [1.82, 2.24) is 0 Å². The zero-order valence-electron chi connectivity index (χ0n) is 35.8. The van der Waals surface area contributed by atoms with Gasteiger partial charge in [-0.25, -0.2) is 0 Å². The average molecular weight is 1160 g/mol. The summed E-state index contributed by atoms with van der Waals surface area (Å²) in [4.78, 5) is 0. The molecule has 0 bridgehead atoms. The molecular formula is C28H44F12N4O16S4Si4-4. The topological polar surface area (TPSA) is 315 Å². The van der Waals surface area contributed by atoms with Gasteiger partial charge in [0.1, 0.15) is 0 Å². The Labute approximate surface area is 386 Å². The maximum absolute atomic E-state index is 12.8. The van der Waals surface area contributed by atoms with E-state index in [1.54, 1.807) is 0 Å². The molecular weight excluding hydrogens is 1120 g/mol. The van der Waals surface area contributed by atoms with E-state index < -0.39 is 146 Å². The predicted octanol–water partition coefficient (Wildman–Crippen LogP) is 3.47. The maximum Gasteiger partial charge on any atom is 0.518 e. The van der Waals surface area contributed by atoms with Crippen LogP contribution in [0.2, 0.25) is 50.4 Å². The molecule has 2 unspecified atom stereocenters. The molecule has 0 saturated carbocycles. The van der Waals surface area contributed by atoms with Crippen LogP contribution in [0.4, 0.5) is 52.7 Å². The molecule has 400 valence electrons. The molecule has 0 spiro atoms. The van der Waals surface area contributed by atoms with Crippen LogP contribution in [-0.2, 0) is 56.6 Å². The van der Waals surface area contributed by atoms with Gasteiger partial charge in [-0.05, 0) is 125 Å². The molecule has 0 aliphatic carbocycles. The van der Waals surface area contributed by atoms with Gasteiger partial charge in [0.15, 0.2) is 0 Å². The van der Waals surface area contributed by atoms with Gasteiger partial charge in [0.05, 0.1) is 0 Å². The van der Waals surface area contributed by atoms with Gasteiger partial charge in [0.2, 0.25) is 0 Å². The first-order valence-corrected chi connectivity index (χ1v) is 35.2. The van der Waals surface area contributed by atoms with Gasteiger partial charge in [0.25, 0.3) is 0 Å². The molecule has 0 aromatic carbocycles. The molecule has 2 atom stereocenters. The molecule has 0 N–H and O–H groups in total. The summed E-state index contributed by atoms with van der Waals surface area (Å²) in [6, 6.07) is -0.745. The van der Waals surface area contributed by atoms with E-state index in [1.807, 2.05) is 0 Å². The van der Waals surface area contributed by atoms with Crippen molar-refractivity contribution in [2.45, 2.75) is 149 Å². The highest BCUT2D eigenvalue weighted by molar-refractivity contribution is 7.92. The maximum atomic E-state index is 12.8. The lowest BCUT2D eigenvalue weighted by Gasteiger charge is -2.50. The number of hydrogen-bond acceptors (Lipinski definition) is 16.